The van der Waals surface area contributed by atoms with Gasteiger partial charge in [-0.05, 0) is 12.8 Å². The number of carbonyl (C=O) groups is 6. The van der Waals surface area contributed by atoms with Gasteiger partial charge in [-0.3, -0.25) is 29.0 Å². The minimum atomic E-state index is -1.76. The maximum atomic E-state index is 12.6. The van der Waals surface area contributed by atoms with Crippen molar-refractivity contribution in [3.8, 4) is 0 Å². The third-order valence-electron chi connectivity index (χ3n) is 4.15. The first-order chi connectivity index (χ1) is 15.8. The Bertz CT molecular complexity index is 804. The van der Waals surface area contributed by atoms with Crippen LogP contribution < -0.4 is 38.9 Å². The van der Waals surface area contributed by atoms with E-state index in [0.29, 0.717) is 6.42 Å². The van der Waals surface area contributed by atoms with Crippen LogP contribution in [0, 0.1) is 0 Å². The van der Waals surface area contributed by atoms with Crippen LogP contribution in [-0.4, -0.2) is 88.2 Å². The average Bonchev–Trinajstić information content (AvgIpc) is 2.72. The molecule has 0 radical (unpaired) electrons. The number of carboxylic acid groups (broad SMARTS) is 2. The van der Waals surface area contributed by atoms with E-state index < -0.39 is 72.6 Å². The fraction of sp³-hybridized carbons (Fsp3) is 0.588. The molecule has 4 atom stereocenters. The number of nitrogens with one attached hydrogen (secondary N) is 3. The molecule has 0 saturated carbocycles. The largest absolute Gasteiger partial charge is 0.481 e. The molecule has 0 aliphatic rings. The fourth-order valence-electron chi connectivity index (χ4n) is 2.45. The van der Waals surface area contributed by atoms with Crippen molar-refractivity contribution in [3.63, 3.8) is 0 Å². The molecular weight excluding hydrogens is 476 g/mol. The molecule has 0 bridgehead atoms. The molecule has 0 rings (SSSR count). The Morgan fingerprint density at radius 1 is 0.824 bits per heavy atom. The lowest BCUT2D eigenvalue weighted by Gasteiger charge is -2.23. The number of carboxylic acids is 2. The predicted octanol–water partition coefficient (Wildman–Crippen LogP) is -4.81. The number of aliphatic carboxylic acids is 2. The lowest BCUT2D eigenvalue weighted by molar-refractivity contribution is -0.147. The zero-order valence-electron chi connectivity index (χ0n) is 18.1. The zero-order chi connectivity index (χ0) is 26.4. The van der Waals surface area contributed by atoms with Gasteiger partial charge in [0, 0.05) is 12.3 Å². The van der Waals surface area contributed by atoms with Gasteiger partial charge in [0.05, 0.1) is 18.9 Å². The highest BCUT2D eigenvalue weighted by Crippen LogP contribution is 2.01. The molecule has 0 aliphatic carbocycles. The number of guanidine groups is 1. The van der Waals surface area contributed by atoms with Gasteiger partial charge in [-0.15, -0.1) is 0 Å². The van der Waals surface area contributed by atoms with Crippen LogP contribution >= 0.6 is 12.6 Å². The van der Waals surface area contributed by atoms with Gasteiger partial charge in [-0.2, -0.15) is 12.6 Å². The minimum Gasteiger partial charge on any atom is -0.481 e. The molecule has 16 nitrogen and oxygen atoms in total. The molecule has 0 aliphatic heterocycles. The van der Waals surface area contributed by atoms with Crippen LogP contribution in [0.15, 0.2) is 4.99 Å². The zero-order valence-corrected chi connectivity index (χ0v) is 19.0. The summed E-state index contributed by atoms with van der Waals surface area (Å²) in [6, 6.07) is -5.76. The number of nitrogens with two attached hydrogens (primary N) is 4. The number of nitrogens with zero attached hydrogens (tertiary/aromatic N) is 1. The van der Waals surface area contributed by atoms with Crippen LogP contribution in [0.3, 0.4) is 0 Å². The highest BCUT2D eigenvalue weighted by Gasteiger charge is 2.31. The van der Waals surface area contributed by atoms with Crippen molar-refractivity contribution in [3.05, 3.63) is 0 Å². The van der Waals surface area contributed by atoms with Gasteiger partial charge in [0.2, 0.25) is 23.6 Å². The van der Waals surface area contributed by atoms with Crippen molar-refractivity contribution in [1.29, 1.82) is 0 Å². The lowest BCUT2D eigenvalue weighted by Crippen LogP contribution is -2.58. The number of aliphatic imine (C=N–C) groups is 1. The maximum absolute atomic E-state index is 12.6. The second kappa shape index (κ2) is 15.3. The van der Waals surface area contributed by atoms with Crippen molar-refractivity contribution in [2.24, 2.45) is 27.9 Å². The third kappa shape index (κ3) is 12.4. The van der Waals surface area contributed by atoms with E-state index >= 15 is 0 Å². The van der Waals surface area contributed by atoms with E-state index in [9.17, 15) is 28.8 Å². The standard InChI is InChI=1S/C17H30N8O8S/c18-7(2-1-3-22-17(20)21)13(29)23-8(4-11(19)26)14(30)25-10(6-34)15(31)24-9(16(32)33)5-12(27)28/h7-10,34H,1-6,18H2,(H2,19,26)(H,23,29)(H,24,31)(H,25,30)(H,27,28)(H,32,33)(H4,20,21,22). The van der Waals surface area contributed by atoms with Crippen LogP contribution in [0.25, 0.3) is 0 Å². The van der Waals surface area contributed by atoms with Gasteiger partial charge in [0.15, 0.2) is 5.96 Å². The predicted molar refractivity (Wildman–Crippen MR) is 121 cm³/mol. The van der Waals surface area contributed by atoms with E-state index in [-0.39, 0.29) is 24.7 Å². The molecule has 192 valence electrons. The molecule has 0 aromatic heterocycles. The molecule has 13 N–H and O–H groups in total. The quantitative estimate of drug-likeness (QED) is 0.0410. The molecule has 4 amide bonds. The molecule has 4 unspecified atom stereocenters. The smallest absolute Gasteiger partial charge is 0.326 e. The molecule has 0 aromatic carbocycles. The van der Waals surface area contributed by atoms with Gasteiger partial charge in [0.25, 0.3) is 0 Å². The molecular formula is C17H30N8O8S. The van der Waals surface area contributed by atoms with Crippen molar-refractivity contribution in [2.45, 2.75) is 49.9 Å². The number of hydrogen-bond acceptors (Lipinski definition) is 9. The SMILES string of the molecule is NC(=O)CC(NC(=O)C(N)CCCN=C(N)N)C(=O)NC(CS)C(=O)NC(CC(=O)O)C(=O)O. The van der Waals surface area contributed by atoms with Gasteiger partial charge < -0.3 is 49.1 Å². The monoisotopic (exact) mass is 506 g/mol. The lowest BCUT2D eigenvalue weighted by atomic mass is 10.1. The molecule has 0 fully saturated rings. The van der Waals surface area contributed by atoms with E-state index in [1.807, 2.05) is 5.32 Å². The number of primary amides is 1. The van der Waals surface area contributed by atoms with Crippen LogP contribution in [0.4, 0.5) is 0 Å². The first kappa shape index (κ1) is 30.4. The Morgan fingerprint density at radius 3 is 1.82 bits per heavy atom. The highest BCUT2D eigenvalue weighted by atomic mass is 32.1. The number of carbonyl (C=O) groups excluding carboxylic acids is 4. The first-order valence-corrected chi connectivity index (χ1v) is 10.5. The Kier molecular flexibility index (Phi) is 13.7. The maximum Gasteiger partial charge on any atom is 0.326 e. The summed E-state index contributed by atoms with van der Waals surface area (Å²) in [5.74, 6) is -7.30. The Labute approximate surface area is 199 Å². The second-order valence-corrected chi connectivity index (χ2v) is 7.39. The molecule has 0 aromatic rings. The van der Waals surface area contributed by atoms with Crippen molar-refractivity contribution >= 4 is 54.2 Å². The Hall–Kier alpha value is -3.60. The van der Waals surface area contributed by atoms with E-state index in [4.69, 9.17) is 33.1 Å². The van der Waals surface area contributed by atoms with Crippen LogP contribution in [0.1, 0.15) is 25.7 Å². The summed E-state index contributed by atoms with van der Waals surface area (Å²) in [6.45, 7) is 0.215. The summed E-state index contributed by atoms with van der Waals surface area (Å²) in [4.78, 5) is 74.2. The van der Waals surface area contributed by atoms with Gasteiger partial charge in [-0.25, -0.2) is 4.79 Å². The minimum absolute atomic E-state index is 0.128. The summed E-state index contributed by atoms with van der Waals surface area (Å²) in [7, 11) is 0. The second-order valence-electron chi connectivity index (χ2n) is 7.03. The summed E-state index contributed by atoms with van der Waals surface area (Å²) < 4.78 is 0. The average molecular weight is 507 g/mol. The molecule has 34 heavy (non-hydrogen) atoms. The van der Waals surface area contributed by atoms with Gasteiger partial charge in [-0.1, -0.05) is 0 Å². The van der Waals surface area contributed by atoms with Crippen LogP contribution in [0.2, 0.25) is 0 Å². The Morgan fingerprint density at radius 2 is 1.35 bits per heavy atom. The third-order valence-corrected chi connectivity index (χ3v) is 4.52. The van der Waals surface area contributed by atoms with E-state index in [2.05, 4.69) is 28.3 Å². The first-order valence-electron chi connectivity index (χ1n) is 9.84. The molecule has 0 spiro atoms. The summed E-state index contributed by atoms with van der Waals surface area (Å²) in [5.41, 5.74) is 21.3. The number of thiol groups is 1. The van der Waals surface area contributed by atoms with E-state index in [0.717, 1.165) is 0 Å². The normalized spacial score (nSPS) is 13.9. The van der Waals surface area contributed by atoms with Gasteiger partial charge >= 0.3 is 11.9 Å². The topological polar surface area (TPSA) is 295 Å². The van der Waals surface area contributed by atoms with Crippen molar-refractivity contribution in [1.82, 2.24) is 16.0 Å². The Balaban J connectivity index is 5.19. The molecule has 0 heterocycles. The molecule has 17 heteroatoms. The number of rotatable bonds is 16. The summed E-state index contributed by atoms with van der Waals surface area (Å²) in [6.07, 6.45) is -1.04. The van der Waals surface area contributed by atoms with Gasteiger partial charge in [0.1, 0.15) is 18.1 Å². The summed E-state index contributed by atoms with van der Waals surface area (Å²) >= 11 is 3.91. The number of hydrogen-bond donors (Lipinski definition) is 10. The van der Waals surface area contributed by atoms with Crippen molar-refractivity contribution in [2.75, 3.05) is 12.3 Å². The number of amides is 4. The van der Waals surface area contributed by atoms with Crippen LogP contribution in [0.5, 0.6) is 0 Å². The van der Waals surface area contributed by atoms with Crippen molar-refractivity contribution < 1.29 is 39.0 Å². The highest BCUT2D eigenvalue weighted by molar-refractivity contribution is 7.80. The van der Waals surface area contributed by atoms with Crippen LogP contribution in [-0.2, 0) is 28.8 Å². The van der Waals surface area contributed by atoms with E-state index in [1.165, 1.54) is 0 Å². The van der Waals surface area contributed by atoms with E-state index in [1.54, 1.807) is 0 Å². The fourth-order valence-corrected chi connectivity index (χ4v) is 2.71. The molecule has 0 saturated heterocycles. The summed E-state index contributed by atoms with van der Waals surface area (Å²) in [5, 5.41) is 24.2.